The van der Waals surface area contributed by atoms with Crippen molar-refractivity contribution in [3.05, 3.63) is 35.9 Å². The zero-order chi connectivity index (χ0) is 10.9. The van der Waals surface area contributed by atoms with Gasteiger partial charge in [-0.3, -0.25) is 4.79 Å². The number of rotatable bonds is 2. The SMILES string of the molecule is COC(=O)[C@@]1(N)CC[C@H]1c1ccccc1. The molecule has 0 heterocycles. The Hall–Kier alpha value is -1.35. The van der Waals surface area contributed by atoms with E-state index >= 15 is 0 Å². The summed E-state index contributed by atoms with van der Waals surface area (Å²) in [5.41, 5.74) is 6.37. The number of carbonyl (C=O) groups excluding carboxylic acids is 1. The van der Waals surface area contributed by atoms with Gasteiger partial charge in [-0.2, -0.15) is 0 Å². The third-order valence-corrected chi connectivity index (χ3v) is 3.24. The molecule has 0 unspecified atom stereocenters. The Morgan fingerprint density at radius 2 is 2.13 bits per heavy atom. The van der Waals surface area contributed by atoms with E-state index in [0.29, 0.717) is 6.42 Å². The lowest BCUT2D eigenvalue weighted by Gasteiger charge is -2.44. The van der Waals surface area contributed by atoms with E-state index in [2.05, 4.69) is 0 Å². The van der Waals surface area contributed by atoms with E-state index in [1.54, 1.807) is 0 Å². The predicted molar refractivity (Wildman–Crippen MR) is 57.4 cm³/mol. The lowest BCUT2D eigenvalue weighted by Crippen LogP contribution is -2.59. The van der Waals surface area contributed by atoms with E-state index in [1.165, 1.54) is 7.11 Å². The van der Waals surface area contributed by atoms with Gasteiger partial charge in [-0.1, -0.05) is 30.3 Å². The lowest BCUT2D eigenvalue weighted by molar-refractivity contribution is -0.151. The quantitative estimate of drug-likeness (QED) is 0.743. The van der Waals surface area contributed by atoms with Gasteiger partial charge in [0.15, 0.2) is 0 Å². The van der Waals surface area contributed by atoms with E-state index < -0.39 is 5.54 Å². The van der Waals surface area contributed by atoms with E-state index in [9.17, 15) is 4.79 Å². The van der Waals surface area contributed by atoms with Crippen LogP contribution in [0.25, 0.3) is 0 Å². The highest BCUT2D eigenvalue weighted by Crippen LogP contribution is 2.44. The number of hydrogen-bond acceptors (Lipinski definition) is 3. The second kappa shape index (κ2) is 3.66. The molecule has 0 saturated heterocycles. The first-order valence-electron chi connectivity index (χ1n) is 5.11. The minimum Gasteiger partial charge on any atom is -0.468 e. The highest BCUT2D eigenvalue weighted by atomic mass is 16.5. The maximum atomic E-state index is 11.6. The zero-order valence-corrected chi connectivity index (χ0v) is 8.77. The van der Waals surface area contributed by atoms with Crippen molar-refractivity contribution >= 4 is 5.97 Å². The molecule has 1 fully saturated rings. The van der Waals surface area contributed by atoms with Gasteiger partial charge in [0.2, 0.25) is 0 Å². The number of nitrogens with two attached hydrogens (primary N) is 1. The second-order valence-electron chi connectivity index (χ2n) is 4.03. The molecular weight excluding hydrogens is 190 g/mol. The molecular formula is C12H15NO2. The van der Waals surface area contributed by atoms with Crippen molar-refractivity contribution in [3.63, 3.8) is 0 Å². The molecule has 2 rings (SSSR count). The second-order valence-corrected chi connectivity index (χ2v) is 4.03. The molecule has 1 aliphatic carbocycles. The number of hydrogen-bond donors (Lipinski definition) is 1. The molecule has 80 valence electrons. The molecule has 2 N–H and O–H groups in total. The van der Waals surface area contributed by atoms with Crippen LogP contribution in [-0.2, 0) is 9.53 Å². The maximum absolute atomic E-state index is 11.6. The molecule has 0 amide bonds. The van der Waals surface area contributed by atoms with E-state index in [0.717, 1.165) is 12.0 Å². The van der Waals surface area contributed by atoms with Crippen LogP contribution < -0.4 is 5.73 Å². The van der Waals surface area contributed by atoms with Crippen LogP contribution in [0.15, 0.2) is 30.3 Å². The summed E-state index contributed by atoms with van der Waals surface area (Å²) in [7, 11) is 1.39. The molecule has 1 aromatic rings. The Balaban J connectivity index is 2.23. The number of methoxy groups -OCH3 is 1. The first-order chi connectivity index (χ1) is 7.18. The summed E-state index contributed by atoms with van der Waals surface area (Å²) in [6.07, 6.45) is 1.66. The molecule has 0 spiro atoms. The molecule has 0 bridgehead atoms. The molecule has 15 heavy (non-hydrogen) atoms. The normalized spacial score (nSPS) is 29.3. The van der Waals surface area contributed by atoms with Crippen molar-refractivity contribution in [1.82, 2.24) is 0 Å². The van der Waals surface area contributed by atoms with Crippen LogP contribution in [0.2, 0.25) is 0 Å². The van der Waals surface area contributed by atoms with Gasteiger partial charge in [0, 0.05) is 5.92 Å². The van der Waals surface area contributed by atoms with Crippen molar-refractivity contribution in [1.29, 1.82) is 0 Å². The smallest absolute Gasteiger partial charge is 0.326 e. The largest absolute Gasteiger partial charge is 0.468 e. The highest BCUT2D eigenvalue weighted by Gasteiger charge is 2.51. The summed E-state index contributed by atoms with van der Waals surface area (Å²) in [6, 6.07) is 9.90. The molecule has 0 radical (unpaired) electrons. The molecule has 1 aromatic carbocycles. The third kappa shape index (κ3) is 1.53. The molecule has 0 aromatic heterocycles. The summed E-state index contributed by atoms with van der Waals surface area (Å²) < 4.78 is 4.74. The molecule has 3 nitrogen and oxygen atoms in total. The van der Waals surface area contributed by atoms with Crippen LogP contribution in [0.3, 0.4) is 0 Å². The monoisotopic (exact) mass is 205 g/mol. The van der Waals surface area contributed by atoms with Crippen LogP contribution in [0.5, 0.6) is 0 Å². The van der Waals surface area contributed by atoms with E-state index in [-0.39, 0.29) is 11.9 Å². The average Bonchev–Trinajstić information content (AvgIpc) is 2.27. The van der Waals surface area contributed by atoms with Crippen LogP contribution in [0.4, 0.5) is 0 Å². The topological polar surface area (TPSA) is 52.3 Å². The standard InChI is InChI=1S/C12H15NO2/c1-15-11(14)12(13)8-7-10(12)9-5-3-2-4-6-9/h2-6,10H,7-8,13H2,1H3/t10-,12+/m0/s1. The van der Waals surface area contributed by atoms with Gasteiger partial charge < -0.3 is 10.5 Å². The number of esters is 1. The summed E-state index contributed by atoms with van der Waals surface area (Å²) >= 11 is 0. The number of carbonyl (C=O) groups is 1. The van der Waals surface area contributed by atoms with Gasteiger partial charge in [0.1, 0.15) is 5.54 Å². The van der Waals surface area contributed by atoms with Gasteiger partial charge in [0.25, 0.3) is 0 Å². The van der Waals surface area contributed by atoms with Crippen LogP contribution >= 0.6 is 0 Å². The Morgan fingerprint density at radius 3 is 2.60 bits per heavy atom. The first-order valence-corrected chi connectivity index (χ1v) is 5.11. The summed E-state index contributed by atoms with van der Waals surface area (Å²) in [5, 5.41) is 0. The third-order valence-electron chi connectivity index (χ3n) is 3.24. The van der Waals surface area contributed by atoms with E-state index in [4.69, 9.17) is 10.5 Å². The number of benzene rings is 1. The fourth-order valence-corrected chi connectivity index (χ4v) is 2.18. The minimum absolute atomic E-state index is 0.103. The van der Waals surface area contributed by atoms with Gasteiger partial charge in [0.05, 0.1) is 7.11 Å². The average molecular weight is 205 g/mol. The summed E-state index contributed by atoms with van der Waals surface area (Å²) in [4.78, 5) is 11.6. The fraction of sp³-hybridized carbons (Fsp3) is 0.417. The first kappa shape index (κ1) is 10.2. The van der Waals surface area contributed by atoms with Crippen molar-refractivity contribution in [2.45, 2.75) is 24.3 Å². The predicted octanol–water partition coefficient (Wildman–Crippen LogP) is 1.43. The Labute approximate surface area is 89.2 Å². The Bertz CT molecular complexity index is 363. The van der Waals surface area contributed by atoms with Crippen LogP contribution in [-0.4, -0.2) is 18.6 Å². The van der Waals surface area contributed by atoms with Crippen molar-refractivity contribution in [2.75, 3.05) is 7.11 Å². The van der Waals surface area contributed by atoms with Crippen LogP contribution in [0, 0.1) is 0 Å². The molecule has 3 heteroatoms. The van der Waals surface area contributed by atoms with Crippen LogP contribution in [0.1, 0.15) is 24.3 Å². The molecule has 1 aliphatic rings. The zero-order valence-electron chi connectivity index (χ0n) is 8.77. The highest BCUT2D eigenvalue weighted by molar-refractivity contribution is 5.83. The summed E-state index contributed by atoms with van der Waals surface area (Å²) in [6.45, 7) is 0. The Morgan fingerprint density at radius 1 is 1.47 bits per heavy atom. The summed E-state index contributed by atoms with van der Waals surface area (Å²) in [5.74, 6) is -0.200. The van der Waals surface area contributed by atoms with Crippen molar-refractivity contribution in [3.8, 4) is 0 Å². The molecule has 2 atom stereocenters. The molecule has 1 saturated carbocycles. The molecule has 0 aliphatic heterocycles. The van der Waals surface area contributed by atoms with Gasteiger partial charge >= 0.3 is 5.97 Å². The maximum Gasteiger partial charge on any atom is 0.326 e. The Kier molecular flexibility index (Phi) is 2.49. The number of ether oxygens (including phenoxy) is 1. The fourth-order valence-electron chi connectivity index (χ4n) is 2.18. The van der Waals surface area contributed by atoms with Gasteiger partial charge in [-0.25, -0.2) is 0 Å². The minimum atomic E-state index is -0.809. The van der Waals surface area contributed by atoms with Gasteiger partial charge in [-0.15, -0.1) is 0 Å². The van der Waals surface area contributed by atoms with Crippen molar-refractivity contribution in [2.24, 2.45) is 5.73 Å². The van der Waals surface area contributed by atoms with Gasteiger partial charge in [-0.05, 0) is 18.4 Å². The lowest BCUT2D eigenvalue weighted by atomic mass is 9.64. The van der Waals surface area contributed by atoms with E-state index in [1.807, 2.05) is 30.3 Å². The van der Waals surface area contributed by atoms with Crippen molar-refractivity contribution < 1.29 is 9.53 Å².